The number of rotatable bonds is 7. The van der Waals surface area contributed by atoms with Gasteiger partial charge in [-0.3, -0.25) is 4.68 Å². The predicted octanol–water partition coefficient (Wildman–Crippen LogP) is 1.42. The van der Waals surface area contributed by atoms with Gasteiger partial charge in [0.15, 0.2) is 0 Å². The van der Waals surface area contributed by atoms with Gasteiger partial charge in [0.05, 0.1) is 12.2 Å². The van der Waals surface area contributed by atoms with E-state index in [0.29, 0.717) is 6.04 Å². The van der Waals surface area contributed by atoms with Crippen molar-refractivity contribution >= 4 is 0 Å². The van der Waals surface area contributed by atoms with E-state index in [1.807, 2.05) is 0 Å². The van der Waals surface area contributed by atoms with Crippen molar-refractivity contribution in [2.24, 2.45) is 0 Å². The smallest absolute Gasteiger partial charge is 0.0628 e. The van der Waals surface area contributed by atoms with E-state index >= 15 is 0 Å². The van der Waals surface area contributed by atoms with Crippen LogP contribution in [0.2, 0.25) is 0 Å². The summed E-state index contributed by atoms with van der Waals surface area (Å²) >= 11 is 0. The molecule has 2 N–H and O–H groups in total. The first kappa shape index (κ1) is 14.2. The second-order valence-electron chi connectivity index (χ2n) is 4.45. The quantitative estimate of drug-likeness (QED) is 0.756. The van der Waals surface area contributed by atoms with Crippen LogP contribution in [0.3, 0.4) is 0 Å². The molecule has 98 valence electrons. The Balaban J connectivity index is 2.78. The topological polar surface area (TPSA) is 50.1 Å². The van der Waals surface area contributed by atoms with Crippen LogP contribution in [0, 0.1) is 13.8 Å². The van der Waals surface area contributed by atoms with Crippen LogP contribution in [0.4, 0.5) is 0 Å². The summed E-state index contributed by atoms with van der Waals surface area (Å²) in [4.78, 5) is 0. The fraction of sp³-hybridized carbons (Fsp3) is 0.769. The Morgan fingerprint density at radius 1 is 1.35 bits per heavy atom. The summed E-state index contributed by atoms with van der Waals surface area (Å²) in [6, 6.07) is 0.299. The van der Waals surface area contributed by atoms with Gasteiger partial charge in [-0.15, -0.1) is 0 Å². The van der Waals surface area contributed by atoms with E-state index in [1.54, 1.807) is 0 Å². The summed E-state index contributed by atoms with van der Waals surface area (Å²) in [5.41, 5.74) is 3.74. The summed E-state index contributed by atoms with van der Waals surface area (Å²) in [6.45, 7) is 10.4. The van der Waals surface area contributed by atoms with Crippen molar-refractivity contribution < 1.29 is 5.11 Å². The van der Waals surface area contributed by atoms with Gasteiger partial charge in [-0.1, -0.05) is 13.8 Å². The van der Waals surface area contributed by atoms with E-state index in [-0.39, 0.29) is 6.61 Å². The summed E-state index contributed by atoms with van der Waals surface area (Å²) in [5, 5.41) is 17.0. The fourth-order valence-corrected chi connectivity index (χ4v) is 2.33. The second-order valence-corrected chi connectivity index (χ2v) is 4.45. The largest absolute Gasteiger partial charge is 0.396 e. The fourth-order valence-electron chi connectivity index (χ4n) is 2.33. The number of nitrogens with zero attached hydrogens (tertiary/aromatic N) is 2. The molecule has 0 radical (unpaired) electrons. The lowest BCUT2D eigenvalue weighted by Crippen LogP contribution is -2.34. The Hall–Kier alpha value is -0.870. The number of nitrogens with one attached hydrogen (secondary N) is 1. The van der Waals surface area contributed by atoms with Crippen molar-refractivity contribution in [3.63, 3.8) is 0 Å². The molecule has 4 nitrogen and oxygen atoms in total. The molecule has 0 spiro atoms. The Morgan fingerprint density at radius 3 is 2.53 bits per heavy atom. The van der Waals surface area contributed by atoms with Gasteiger partial charge in [0.2, 0.25) is 0 Å². The minimum atomic E-state index is 0.220. The number of aryl methyl sites for hydroxylation is 1. The van der Waals surface area contributed by atoms with Gasteiger partial charge in [0.25, 0.3) is 0 Å². The zero-order chi connectivity index (χ0) is 12.8. The molecule has 0 aliphatic rings. The molecular weight excluding hydrogens is 214 g/mol. The van der Waals surface area contributed by atoms with E-state index in [0.717, 1.165) is 31.6 Å². The molecular formula is C13H25N3O. The lowest BCUT2D eigenvalue weighted by molar-refractivity contribution is 0.254. The van der Waals surface area contributed by atoms with E-state index in [2.05, 4.69) is 42.8 Å². The van der Waals surface area contributed by atoms with Crippen molar-refractivity contribution in [1.82, 2.24) is 15.1 Å². The molecule has 0 amide bonds. The number of hydrogen-bond donors (Lipinski definition) is 2. The molecule has 0 saturated heterocycles. The average Bonchev–Trinajstić information content (AvgIpc) is 2.54. The number of aliphatic hydroxyl groups is 1. The molecule has 0 aliphatic carbocycles. The Bertz CT molecular complexity index is 341. The minimum absolute atomic E-state index is 0.220. The lowest BCUT2D eigenvalue weighted by Gasteiger charge is -2.17. The zero-order valence-electron chi connectivity index (χ0n) is 11.5. The van der Waals surface area contributed by atoms with Crippen LogP contribution >= 0.6 is 0 Å². The number of aromatic nitrogens is 2. The molecule has 1 heterocycles. The van der Waals surface area contributed by atoms with Crippen molar-refractivity contribution in [3.05, 3.63) is 17.0 Å². The second kappa shape index (κ2) is 6.77. The molecule has 4 heteroatoms. The van der Waals surface area contributed by atoms with Crippen LogP contribution in [0.5, 0.6) is 0 Å². The Labute approximate surface area is 104 Å². The van der Waals surface area contributed by atoms with Crippen LogP contribution < -0.4 is 5.32 Å². The summed E-state index contributed by atoms with van der Waals surface area (Å²) in [5.74, 6) is 0. The molecule has 17 heavy (non-hydrogen) atoms. The standard InChI is InChI=1S/C13H25N3O/c1-5-13-10(3)15-16(11(13)4)9-12(7-8-17)14-6-2/h12,14,17H,5-9H2,1-4H3. The van der Waals surface area contributed by atoms with Crippen molar-refractivity contribution in [1.29, 1.82) is 0 Å². The highest BCUT2D eigenvalue weighted by molar-refractivity contribution is 5.24. The third-order valence-corrected chi connectivity index (χ3v) is 3.25. The first-order valence-corrected chi connectivity index (χ1v) is 6.51. The highest BCUT2D eigenvalue weighted by Gasteiger charge is 2.13. The number of aliphatic hydroxyl groups excluding tert-OH is 1. The van der Waals surface area contributed by atoms with Gasteiger partial charge in [0.1, 0.15) is 0 Å². The van der Waals surface area contributed by atoms with Crippen LogP contribution in [0.25, 0.3) is 0 Å². The SMILES string of the molecule is CCNC(CCO)Cn1nc(C)c(CC)c1C. The Morgan fingerprint density at radius 2 is 2.06 bits per heavy atom. The van der Waals surface area contributed by atoms with Gasteiger partial charge < -0.3 is 10.4 Å². The molecule has 0 aromatic carbocycles. The first-order chi connectivity index (χ1) is 8.13. The molecule has 1 aromatic heterocycles. The maximum absolute atomic E-state index is 9.05. The van der Waals surface area contributed by atoms with Crippen LogP contribution in [-0.2, 0) is 13.0 Å². The molecule has 0 saturated carbocycles. The van der Waals surface area contributed by atoms with E-state index in [1.165, 1.54) is 11.3 Å². The van der Waals surface area contributed by atoms with Gasteiger partial charge in [-0.05, 0) is 38.8 Å². The molecule has 0 aliphatic heterocycles. The summed E-state index contributed by atoms with van der Waals surface area (Å²) in [6.07, 6.45) is 1.80. The normalized spacial score (nSPS) is 13.0. The third kappa shape index (κ3) is 3.54. The lowest BCUT2D eigenvalue weighted by atomic mass is 10.1. The molecule has 0 bridgehead atoms. The molecule has 1 aromatic rings. The first-order valence-electron chi connectivity index (χ1n) is 6.51. The number of hydrogen-bond acceptors (Lipinski definition) is 3. The van der Waals surface area contributed by atoms with E-state index in [9.17, 15) is 0 Å². The molecule has 1 unspecified atom stereocenters. The molecule has 0 fully saturated rings. The van der Waals surface area contributed by atoms with Crippen LogP contribution in [-0.4, -0.2) is 34.1 Å². The van der Waals surface area contributed by atoms with Crippen LogP contribution in [0.15, 0.2) is 0 Å². The summed E-state index contributed by atoms with van der Waals surface area (Å²) < 4.78 is 2.07. The van der Waals surface area contributed by atoms with Crippen molar-refractivity contribution in [3.8, 4) is 0 Å². The predicted molar refractivity (Wildman–Crippen MR) is 70.2 cm³/mol. The zero-order valence-corrected chi connectivity index (χ0v) is 11.5. The monoisotopic (exact) mass is 239 g/mol. The van der Waals surface area contributed by atoms with Gasteiger partial charge in [-0.2, -0.15) is 5.10 Å². The maximum Gasteiger partial charge on any atom is 0.0628 e. The average molecular weight is 239 g/mol. The minimum Gasteiger partial charge on any atom is -0.396 e. The van der Waals surface area contributed by atoms with Gasteiger partial charge in [-0.25, -0.2) is 0 Å². The third-order valence-electron chi connectivity index (χ3n) is 3.25. The van der Waals surface area contributed by atoms with E-state index in [4.69, 9.17) is 5.11 Å². The highest BCUT2D eigenvalue weighted by Crippen LogP contribution is 2.14. The van der Waals surface area contributed by atoms with Gasteiger partial charge >= 0.3 is 0 Å². The Kier molecular flexibility index (Phi) is 5.65. The number of likely N-dealkylation sites (N-methyl/N-ethyl adjacent to an activating group) is 1. The van der Waals surface area contributed by atoms with E-state index < -0.39 is 0 Å². The van der Waals surface area contributed by atoms with Crippen molar-refractivity contribution in [2.75, 3.05) is 13.2 Å². The van der Waals surface area contributed by atoms with Gasteiger partial charge in [0, 0.05) is 18.3 Å². The molecule has 1 atom stereocenters. The maximum atomic E-state index is 9.05. The summed E-state index contributed by atoms with van der Waals surface area (Å²) in [7, 11) is 0. The van der Waals surface area contributed by atoms with Crippen molar-refractivity contribution in [2.45, 2.75) is 53.1 Å². The van der Waals surface area contributed by atoms with Crippen LogP contribution in [0.1, 0.15) is 37.2 Å². The highest BCUT2D eigenvalue weighted by atomic mass is 16.3. The molecule has 1 rings (SSSR count).